The number of halogens is 4. The Balaban J connectivity index is 2.17. The third-order valence-corrected chi connectivity index (χ3v) is 3.30. The molecule has 0 fully saturated rings. The molecule has 2 rings (SSSR count). The van der Waals surface area contributed by atoms with Crippen molar-refractivity contribution >= 4 is 22.9 Å². The maximum atomic E-state index is 12.0. The van der Waals surface area contributed by atoms with Gasteiger partial charge in [-0.3, -0.25) is 0 Å². The first-order chi connectivity index (χ1) is 8.48. The first-order valence-electron chi connectivity index (χ1n) is 4.72. The Morgan fingerprint density at radius 2 is 1.83 bits per heavy atom. The Bertz CT molecular complexity index is 527. The Morgan fingerprint density at radius 1 is 1.17 bits per heavy atom. The van der Waals surface area contributed by atoms with Gasteiger partial charge in [0.15, 0.2) is 0 Å². The number of nitrogens with zero attached hydrogens (tertiary/aromatic N) is 2. The second-order valence-electron chi connectivity index (χ2n) is 3.21. The molecule has 0 N–H and O–H groups in total. The quantitative estimate of drug-likeness (QED) is 0.807. The molecule has 0 saturated carbocycles. The predicted octanol–water partition coefficient (Wildman–Crippen LogP) is 3.84. The summed E-state index contributed by atoms with van der Waals surface area (Å²) in [4.78, 5) is 0. The van der Waals surface area contributed by atoms with E-state index in [-0.39, 0.29) is 11.6 Å². The molecule has 0 saturated heterocycles. The maximum absolute atomic E-state index is 12.0. The molecule has 0 radical (unpaired) electrons. The zero-order valence-electron chi connectivity index (χ0n) is 8.74. The number of hydrogen-bond donors (Lipinski definition) is 0. The smallest absolute Gasteiger partial charge is 0.406 e. The maximum Gasteiger partial charge on any atom is 0.573 e. The van der Waals surface area contributed by atoms with Crippen LogP contribution >= 0.6 is 22.9 Å². The van der Waals surface area contributed by atoms with Crippen molar-refractivity contribution in [2.45, 2.75) is 12.2 Å². The topological polar surface area (TPSA) is 35.0 Å². The minimum atomic E-state index is -4.68. The van der Waals surface area contributed by atoms with Gasteiger partial charge in [0.05, 0.1) is 5.88 Å². The van der Waals surface area contributed by atoms with E-state index in [1.807, 2.05) is 0 Å². The molecule has 1 aromatic heterocycles. The highest BCUT2D eigenvalue weighted by molar-refractivity contribution is 7.14. The highest BCUT2D eigenvalue weighted by atomic mass is 35.5. The molecule has 18 heavy (non-hydrogen) atoms. The lowest BCUT2D eigenvalue weighted by Gasteiger charge is -2.08. The standard InChI is InChI=1S/C10H6ClF3N2OS/c11-5-8-15-16-9(18-8)6-1-3-7(4-2-6)17-10(12,13)14/h1-4H,5H2. The first-order valence-corrected chi connectivity index (χ1v) is 6.07. The van der Waals surface area contributed by atoms with Gasteiger partial charge in [-0.15, -0.1) is 35.0 Å². The molecule has 1 aromatic carbocycles. The van der Waals surface area contributed by atoms with E-state index in [0.29, 0.717) is 15.6 Å². The molecule has 0 aliphatic rings. The molecule has 0 amide bonds. The average molecular weight is 295 g/mol. The highest BCUT2D eigenvalue weighted by Crippen LogP contribution is 2.28. The van der Waals surface area contributed by atoms with Crippen molar-refractivity contribution in [1.29, 1.82) is 0 Å². The van der Waals surface area contributed by atoms with E-state index in [4.69, 9.17) is 11.6 Å². The lowest BCUT2D eigenvalue weighted by Crippen LogP contribution is -2.16. The van der Waals surface area contributed by atoms with Gasteiger partial charge in [0.1, 0.15) is 15.8 Å². The van der Waals surface area contributed by atoms with Crippen molar-refractivity contribution in [3.63, 3.8) is 0 Å². The number of rotatable bonds is 3. The van der Waals surface area contributed by atoms with Gasteiger partial charge in [0, 0.05) is 5.56 Å². The van der Waals surface area contributed by atoms with Crippen LogP contribution in [-0.4, -0.2) is 16.6 Å². The lowest BCUT2D eigenvalue weighted by atomic mass is 10.2. The molecule has 0 bridgehead atoms. The first kappa shape index (κ1) is 13.1. The molecule has 0 atom stereocenters. The van der Waals surface area contributed by atoms with Crippen molar-refractivity contribution in [3.05, 3.63) is 29.3 Å². The van der Waals surface area contributed by atoms with E-state index in [0.717, 1.165) is 0 Å². The fourth-order valence-corrected chi connectivity index (χ4v) is 2.14. The average Bonchev–Trinajstić information content (AvgIpc) is 2.76. The third kappa shape index (κ3) is 3.33. The second kappa shape index (κ2) is 5.11. The summed E-state index contributed by atoms with van der Waals surface area (Å²) in [5, 5.41) is 8.96. The van der Waals surface area contributed by atoms with Crippen LogP contribution in [0, 0.1) is 0 Å². The van der Waals surface area contributed by atoms with Crippen molar-refractivity contribution in [2.24, 2.45) is 0 Å². The van der Waals surface area contributed by atoms with Crippen molar-refractivity contribution in [3.8, 4) is 16.3 Å². The minimum Gasteiger partial charge on any atom is -0.406 e. The van der Waals surface area contributed by atoms with Crippen LogP contribution < -0.4 is 4.74 Å². The highest BCUT2D eigenvalue weighted by Gasteiger charge is 2.30. The van der Waals surface area contributed by atoms with Crippen LogP contribution in [0.3, 0.4) is 0 Å². The molecular formula is C10H6ClF3N2OS. The molecule has 2 aromatic rings. The number of aromatic nitrogens is 2. The third-order valence-electron chi connectivity index (χ3n) is 1.92. The summed E-state index contributed by atoms with van der Waals surface area (Å²) in [6, 6.07) is 5.42. The number of benzene rings is 1. The second-order valence-corrected chi connectivity index (χ2v) is 4.54. The number of hydrogen-bond acceptors (Lipinski definition) is 4. The number of alkyl halides is 4. The Kier molecular flexibility index (Phi) is 3.72. The van der Waals surface area contributed by atoms with Gasteiger partial charge in [-0.1, -0.05) is 11.3 Å². The zero-order chi connectivity index (χ0) is 13.2. The largest absolute Gasteiger partial charge is 0.573 e. The molecule has 96 valence electrons. The van der Waals surface area contributed by atoms with Crippen LogP contribution in [0.2, 0.25) is 0 Å². The van der Waals surface area contributed by atoms with Crippen LogP contribution in [-0.2, 0) is 5.88 Å². The van der Waals surface area contributed by atoms with E-state index in [9.17, 15) is 13.2 Å². The summed E-state index contributed by atoms with van der Waals surface area (Å²) >= 11 is 6.88. The monoisotopic (exact) mass is 294 g/mol. The zero-order valence-corrected chi connectivity index (χ0v) is 10.3. The van der Waals surface area contributed by atoms with Gasteiger partial charge in [-0.25, -0.2) is 0 Å². The summed E-state index contributed by atoms with van der Waals surface area (Å²) < 4.78 is 39.6. The van der Waals surface area contributed by atoms with E-state index >= 15 is 0 Å². The molecule has 3 nitrogen and oxygen atoms in total. The van der Waals surface area contributed by atoms with E-state index in [1.165, 1.54) is 35.6 Å². The summed E-state index contributed by atoms with van der Waals surface area (Å²) in [5.41, 5.74) is 0.665. The normalized spacial score (nSPS) is 11.6. The molecule has 0 unspecified atom stereocenters. The molecular weight excluding hydrogens is 289 g/mol. The van der Waals surface area contributed by atoms with E-state index < -0.39 is 6.36 Å². The SMILES string of the molecule is FC(F)(F)Oc1ccc(-c2nnc(CCl)s2)cc1. The van der Waals surface area contributed by atoms with E-state index in [2.05, 4.69) is 14.9 Å². The van der Waals surface area contributed by atoms with Crippen molar-refractivity contribution in [1.82, 2.24) is 10.2 Å². The molecule has 1 heterocycles. The van der Waals surface area contributed by atoms with Crippen molar-refractivity contribution in [2.75, 3.05) is 0 Å². The fourth-order valence-electron chi connectivity index (χ4n) is 1.22. The van der Waals surface area contributed by atoms with Crippen LogP contribution in [0.15, 0.2) is 24.3 Å². The van der Waals surface area contributed by atoms with Gasteiger partial charge in [0.2, 0.25) is 0 Å². The molecule has 0 aliphatic heterocycles. The number of ether oxygens (including phenoxy) is 1. The van der Waals surface area contributed by atoms with Crippen LogP contribution in [0.5, 0.6) is 5.75 Å². The predicted molar refractivity (Wildman–Crippen MR) is 61.6 cm³/mol. The van der Waals surface area contributed by atoms with Gasteiger partial charge in [0.25, 0.3) is 0 Å². The lowest BCUT2D eigenvalue weighted by molar-refractivity contribution is -0.274. The molecule has 8 heteroatoms. The summed E-state index contributed by atoms with van der Waals surface area (Å²) in [6.45, 7) is 0. The summed E-state index contributed by atoms with van der Waals surface area (Å²) in [7, 11) is 0. The van der Waals surface area contributed by atoms with E-state index in [1.54, 1.807) is 0 Å². The van der Waals surface area contributed by atoms with Gasteiger partial charge in [-0.05, 0) is 24.3 Å². The minimum absolute atomic E-state index is 0.257. The van der Waals surface area contributed by atoms with Gasteiger partial charge >= 0.3 is 6.36 Å². The fraction of sp³-hybridized carbons (Fsp3) is 0.200. The van der Waals surface area contributed by atoms with Crippen LogP contribution in [0.1, 0.15) is 5.01 Å². The van der Waals surface area contributed by atoms with Crippen LogP contribution in [0.4, 0.5) is 13.2 Å². The Morgan fingerprint density at radius 3 is 2.33 bits per heavy atom. The van der Waals surface area contributed by atoms with Crippen molar-refractivity contribution < 1.29 is 17.9 Å². The summed E-state index contributed by atoms with van der Waals surface area (Å²) in [6.07, 6.45) is -4.68. The summed E-state index contributed by atoms with van der Waals surface area (Å²) in [5.74, 6) is -0.0132. The Labute approximate surface area is 109 Å². The van der Waals surface area contributed by atoms with Gasteiger partial charge in [-0.2, -0.15) is 0 Å². The van der Waals surface area contributed by atoms with Crippen LogP contribution in [0.25, 0.3) is 10.6 Å². The van der Waals surface area contributed by atoms with Gasteiger partial charge < -0.3 is 4.74 Å². The Hall–Kier alpha value is -1.34. The molecule has 0 aliphatic carbocycles. The molecule has 0 spiro atoms.